The van der Waals surface area contributed by atoms with Crippen molar-refractivity contribution >= 4 is 22.9 Å². The number of guanidine groups is 1. The van der Waals surface area contributed by atoms with Crippen LogP contribution in [0.5, 0.6) is 0 Å². The summed E-state index contributed by atoms with van der Waals surface area (Å²) in [5.74, 6) is 1.69. The maximum absolute atomic E-state index is 6.23. The number of ether oxygens (including phenoxy) is 2. The van der Waals surface area contributed by atoms with E-state index in [0.29, 0.717) is 49.0 Å². The molecule has 2 saturated heterocycles. The highest BCUT2D eigenvalue weighted by atomic mass is 35.5. The smallest absolute Gasteiger partial charge is 0.299 e. The minimum absolute atomic E-state index is 0.262. The second kappa shape index (κ2) is 10.6. The van der Waals surface area contributed by atoms with Crippen LogP contribution in [0.15, 0.2) is 9.98 Å². The van der Waals surface area contributed by atoms with Crippen molar-refractivity contribution in [1.29, 1.82) is 0 Å². The lowest BCUT2D eigenvalue weighted by molar-refractivity contribution is -0.501. The number of hydrogen-bond acceptors (Lipinski definition) is 4. The Hall–Kier alpha value is -0.730. The lowest BCUT2D eigenvalue weighted by atomic mass is 10.0. The van der Waals surface area contributed by atoms with E-state index in [-0.39, 0.29) is 6.04 Å². The van der Waals surface area contributed by atoms with Crippen molar-refractivity contribution < 1.29 is 14.8 Å². The Labute approximate surface area is 162 Å². The van der Waals surface area contributed by atoms with Crippen LogP contribution in [0, 0.1) is 11.8 Å². The Balaban J connectivity index is 2.21. The number of aliphatic imine (C=N–C) groups is 2. The molecule has 2 aliphatic heterocycles. The third-order valence-corrected chi connectivity index (χ3v) is 5.38. The molecule has 0 radical (unpaired) electrons. The van der Waals surface area contributed by atoms with E-state index in [1.54, 1.807) is 5.32 Å². The van der Waals surface area contributed by atoms with Gasteiger partial charge in [-0.15, -0.1) is 4.99 Å². The summed E-state index contributed by atoms with van der Waals surface area (Å²) in [4.78, 5) is 14.1. The minimum atomic E-state index is 0.262. The van der Waals surface area contributed by atoms with E-state index in [0.717, 1.165) is 26.3 Å². The maximum atomic E-state index is 6.23. The van der Waals surface area contributed by atoms with Crippen LogP contribution in [-0.4, -0.2) is 86.4 Å². The van der Waals surface area contributed by atoms with Gasteiger partial charge >= 0.3 is 0 Å². The number of quaternary nitrogens is 1. The Morgan fingerprint density at radius 2 is 1.69 bits per heavy atom. The van der Waals surface area contributed by atoms with Crippen LogP contribution in [-0.2, 0) is 9.47 Å². The molecule has 2 heterocycles. The highest BCUT2D eigenvalue weighted by Gasteiger charge is 2.30. The molecule has 2 rings (SSSR count). The van der Waals surface area contributed by atoms with Crippen LogP contribution in [0.2, 0.25) is 0 Å². The van der Waals surface area contributed by atoms with E-state index in [1.807, 2.05) is 7.05 Å². The van der Waals surface area contributed by atoms with E-state index in [2.05, 4.69) is 42.5 Å². The van der Waals surface area contributed by atoms with Crippen LogP contribution < -0.4 is 5.32 Å². The highest BCUT2D eigenvalue weighted by Crippen LogP contribution is 2.18. The molecule has 0 aromatic heterocycles. The Bertz CT molecular complexity index is 498. The van der Waals surface area contributed by atoms with Gasteiger partial charge in [-0.1, -0.05) is 27.7 Å². The monoisotopic (exact) mass is 388 g/mol. The van der Waals surface area contributed by atoms with Crippen LogP contribution in [0.1, 0.15) is 27.7 Å². The molecule has 0 spiro atoms. The second-order valence-electron chi connectivity index (χ2n) is 7.60. The van der Waals surface area contributed by atoms with Gasteiger partial charge in [0.2, 0.25) is 5.96 Å². The molecular weight excluding hydrogens is 354 g/mol. The summed E-state index contributed by atoms with van der Waals surface area (Å²) in [6, 6.07) is 0.648. The molecule has 26 heavy (non-hydrogen) atoms. The summed E-state index contributed by atoms with van der Waals surface area (Å²) in [6.45, 7) is 14.1. The summed E-state index contributed by atoms with van der Waals surface area (Å²) >= 11 is 6.23. The van der Waals surface area contributed by atoms with Gasteiger partial charge in [0.25, 0.3) is 5.29 Å². The molecule has 2 atom stereocenters. The van der Waals surface area contributed by atoms with Gasteiger partial charge in [-0.05, 0) is 11.8 Å². The fourth-order valence-corrected chi connectivity index (χ4v) is 3.45. The summed E-state index contributed by atoms with van der Waals surface area (Å²) in [6.07, 6.45) is 0. The summed E-state index contributed by atoms with van der Waals surface area (Å²) in [5.41, 5.74) is 0. The first kappa shape index (κ1) is 21.6. The van der Waals surface area contributed by atoms with E-state index in [1.165, 1.54) is 0 Å². The summed E-state index contributed by atoms with van der Waals surface area (Å²) < 4.78 is 11.3. The molecule has 2 N–H and O–H groups in total. The normalized spacial score (nSPS) is 26.8. The Morgan fingerprint density at radius 1 is 1.08 bits per heavy atom. The molecule has 0 bridgehead atoms. The van der Waals surface area contributed by atoms with Crippen LogP contribution in [0.25, 0.3) is 0 Å². The van der Waals surface area contributed by atoms with Crippen molar-refractivity contribution in [2.75, 3.05) is 53.2 Å². The molecule has 0 aromatic rings. The molecular formula is C18H35ClN5O2+. The van der Waals surface area contributed by atoms with Crippen LogP contribution >= 0.6 is 11.6 Å². The number of nitrogens with zero attached hydrogens (tertiary/aromatic N) is 4. The average molecular weight is 389 g/mol. The van der Waals surface area contributed by atoms with Gasteiger partial charge in [-0.25, -0.2) is 4.99 Å². The highest BCUT2D eigenvalue weighted by molar-refractivity contribution is 6.62. The van der Waals surface area contributed by atoms with Gasteiger partial charge in [0.15, 0.2) is 0 Å². The molecule has 7 nitrogen and oxygen atoms in total. The third-order valence-electron chi connectivity index (χ3n) is 5.08. The maximum Gasteiger partial charge on any atom is 0.299 e. The fourth-order valence-electron chi connectivity index (χ4n) is 3.37. The van der Waals surface area contributed by atoms with Crippen molar-refractivity contribution in [3.05, 3.63) is 0 Å². The van der Waals surface area contributed by atoms with Gasteiger partial charge in [-0.2, -0.15) is 0 Å². The van der Waals surface area contributed by atoms with Crippen molar-refractivity contribution in [1.82, 2.24) is 9.80 Å². The standard InChI is InChI=1S/C18H34ClN5O2/c1-13(2)15-10-25-8-6-23(15)12-21-18(22-17(19)20-5)24-7-9-26-11-16(24)14(3)4/h13-16H,6-12H2,1-5H3,(H,20,21,22)/p+1. The average Bonchev–Trinajstić information content (AvgIpc) is 2.64. The predicted octanol–water partition coefficient (Wildman–Crippen LogP) is 0.802. The first-order valence-corrected chi connectivity index (χ1v) is 10.1. The third kappa shape index (κ3) is 5.89. The first-order valence-electron chi connectivity index (χ1n) is 9.68. The molecule has 0 aromatic carbocycles. The molecule has 150 valence electrons. The molecule has 2 unspecified atom stereocenters. The van der Waals surface area contributed by atoms with Gasteiger partial charge in [0.05, 0.1) is 46.2 Å². The summed E-state index contributed by atoms with van der Waals surface area (Å²) in [7, 11) is 1.89. The lowest BCUT2D eigenvalue weighted by Gasteiger charge is -2.39. The van der Waals surface area contributed by atoms with E-state index in [4.69, 9.17) is 26.1 Å². The van der Waals surface area contributed by atoms with Crippen LogP contribution in [0.4, 0.5) is 0 Å². The number of hydrogen-bond donors (Lipinski definition) is 1. The molecule has 0 saturated carbocycles. The zero-order valence-corrected chi connectivity index (χ0v) is 17.6. The lowest BCUT2D eigenvalue weighted by Crippen LogP contribution is -2.82. The Kier molecular flexibility index (Phi) is 8.76. The van der Waals surface area contributed by atoms with E-state index >= 15 is 0 Å². The first-order chi connectivity index (χ1) is 12.4. The summed E-state index contributed by atoms with van der Waals surface area (Å²) in [5, 5.41) is 2.27. The zero-order chi connectivity index (χ0) is 19.1. The zero-order valence-electron chi connectivity index (χ0n) is 16.8. The SMILES string of the molecule is C[NH2+]C(Cl)=NC(=NCN1CCOCC1C(C)C)N1CCOCC1C(C)C. The van der Waals surface area contributed by atoms with Crippen LogP contribution in [0.3, 0.4) is 0 Å². The quantitative estimate of drug-likeness (QED) is 0.439. The van der Waals surface area contributed by atoms with Crippen molar-refractivity contribution in [3.8, 4) is 0 Å². The minimum Gasteiger partial charge on any atom is -0.378 e. The fraction of sp³-hybridized carbons (Fsp3) is 0.889. The number of morpholine rings is 2. The van der Waals surface area contributed by atoms with E-state index in [9.17, 15) is 0 Å². The number of halogens is 1. The number of nitrogens with two attached hydrogens (primary N) is 1. The largest absolute Gasteiger partial charge is 0.378 e. The topological polar surface area (TPSA) is 66.3 Å². The molecule has 8 heteroatoms. The van der Waals surface area contributed by atoms with Gasteiger partial charge in [-0.3, -0.25) is 10.2 Å². The van der Waals surface area contributed by atoms with Crippen molar-refractivity contribution in [2.24, 2.45) is 21.8 Å². The molecule has 2 fully saturated rings. The van der Waals surface area contributed by atoms with E-state index < -0.39 is 0 Å². The number of amidine groups is 1. The predicted molar refractivity (Wildman–Crippen MR) is 106 cm³/mol. The molecule has 2 aliphatic rings. The Morgan fingerprint density at radius 3 is 2.31 bits per heavy atom. The molecule has 0 amide bonds. The second-order valence-corrected chi connectivity index (χ2v) is 7.99. The van der Waals surface area contributed by atoms with Crippen molar-refractivity contribution in [3.63, 3.8) is 0 Å². The van der Waals surface area contributed by atoms with Gasteiger partial charge in [0.1, 0.15) is 0 Å². The molecule has 0 aliphatic carbocycles. The van der Waals surface area contributed by atoms with Gasteiger partial charge < -0.3 is 14.4 Å². The van der Waals surface area contributed by atoms with Gasteiger partial charge in [0, 0.05) is 30.7 Å². The number of rotatable bonds is 4. The van der Waals surface area contributed by atoms with Crippen molar-refractivity contribution in [2.45, 2.75) is 39.8 Å².